The zero-order valence-corrected chi connectivity index (χ0v) is 9.24. The summed E-state index contributed by atoms with van der Waals surface area (Å²) in [7, 11) is 0. The van der Waals surface area contributed by atoms with Gasteiger partial charge in [-0.1, -0.05) is 0 Å². The monoisotopic (exact) mass is 233 g/mol. The summed E-state index contributed by atoms with van der Waals surface area (Å²) in [5.74, 6) is -1.22. The van der Waals surface area contributed by atoms with Crippen LogP contribution < -0.4 is 5.32 Å². The van der Waals surface area contributed by atoms with E-state index in [0.717, 1.165) is 19.0 Å². The Morgan fingerprint density at radius 3 is 2.82 bits per heavy atom. The topological polar surface area (TPSA) is 65.8 Å². The Balaban J connectivity index is 2.17. The minimum Gasteiger partial charge on any atom is -0.334 e. The molecule has 0 atom stereocenters. The van der Waals surface area contributed by atoms with Crippen LogP contribution in [0.3, 0.4) is 0 Å². The lowest BCUT2D eigenvalue weighted by atomic mass is 9.99. The first-order valence-corrected chi connectivity index (χ1v) is 5.50. The molecule has 5 heteroatoms. The molecule has 0 spiro atoms. The lowest BCUT2D eigenvalue weighted by Crippen LogP contribution is -2.45. The molecule has 1 amide bonds. The summed E-state index contributed by atoms with van der Waals surface area (Å²) >= 11 is 0. The Labute approximate surface area is 98.5 Å². The maximum absolute atomic E-state index is 13.3. The number of amides is 1. The number of hydrogen-bond acceptors (Lipinski definition) is 3. The predicted molar refractivity (Wildman–Crippen MR) is 58.5 cm³/mol. The van der Waals surface area contributed by atoms with E-state index in [1.807, 2.05) is 0 Å². The molecule has 1 aliphatic carbocycles. The molecule has 0 unspecified atom stereocenters. The second kappa shape index (κ2) is 4.50. The largest absolute Gasteiger partial charge is 0.334 e. The highest BCUT2D eigenvalue weighted by molar-refractivity contribution is 5.95. The standard InChI is InChI=1S/C12H12FN3O/c13-10-7-15-6-3-9(10)11(17)16-12(8-14)4-1-2-5-12/h3,6-7H,1-2,4-5H2,(H,16,17). The third kappa shape index (κ3) is 2.26. The number of pyridine rings is 1. The molecule has 1 N–H and O–H groups in total. The van der Waals surface area contributed by atoms with Crippen molar-refractivity contribution in [2.24, 2.45) is 0 Å². The van der Waals surface area contributed by atoms with Gasteiger partial charge in [-0.2, -0.15) is 5.26 Å². The Hall–Kier alpha value is -1.96. The van der Waals surface area contributed by atoms with Crippen molar-refractivity contribution in [1.29, 1.82) is 5.26 Å². The Morgan fingerprint density at radius 2 is 2.24 bits per heavy atom. The van der Waals surface area contributed by atoms with E-state index >= 15 is 0 Å². The van der Waals surface area contributed by atoms with Gasteiger partial charge < -0.3 is 5.32 Å². The average molecular weight is 233 g/mol. The van der Waals surface area contributed by atoms with Gasteiger partial charge in [-0.15, -0.1) is 0 Å². The molecule has 17 heavy (non-hydrogen) atoms. The van der Waals surface area contributed by atoms with E-state index in [4.69, 9.17) is 5.26 Å². The molecule has 1 aromatic rings. The van der Waals surface area contributed by atoms with Crippen LogP contribution in [-0.4, -0.2) is 16.4 Å². The van der Waals surface area contributed by atoms with E-state index in [0.29, 0.717) is 12.8 Å². The zero-order valence-electron chi connectivity index (χ0n) is 9.24. The van der Waals surface area contributed by atoms with Crippen molar-refractivity contribution < 1.29 is 9.18 Å². The minimum absolute atomic E-state index is 0.0680. The number of aromatic nitrogens is 1. The number of hydrogen-bond donors (Lipinski definition) is 1. The molecule has 0 bridgehead atoms. The minimum atomic E-state index is -0.827. The third-order valence-corrected chi connectivity index (χ3v) is 3.04. The smallest absolute Gasteiger partial charge is 0.255 e. The molecule has 1 fully saturated rings. The van der Waals surface area contributed by atoms with Crippen LogP contribution in [0, 0.1) is 17.1 Å². The number of nitrogens with one attached hydrogen (secondary N) is 1. The molecule has 1 heterocycles. The van der Waals surface area contributed by atoms with E-state index in [-0.39, 0.29) is 5.56 Å². The lowest BCUT2D eigenvalue weighted by molar-refractivity contribution is 0.0916. The van der Waals surface area contributed by atoms with Crippen LogP contribution in [0.5, 0.6) is 0 Å². The highest BCUT2D eigenvalue weighted by Gasteiger charge is 2.35. The molecule has 0 radical (unpaired) electrons. The number of rotatable bonds is 2. The molecular weight excluding hydrogens is 221 g/mol. The quantitative estimate of drug-likeness (QED) is 0.846. The first kappa shape index (κ1) is 11.5. The van der Waals surface area contributed by atoms with Crippen molar-refractivity contribution in [3.05, 3.63) is 29.8 Å². The number of carbonyl (C=O) groups is 1. The Kier molecular flexibility index (Phi) is 3.05. The molecule has 88 valence electrons. The summed E-state index contributed by atoms with van der Waals surface area (Å²) in [6.45, 7) is 0. The Bertz CT molecular complexity index is 475. The first-order valence-electron chi connectivity index (χ1n) is 5.50. The van der Waals surface area contributed by atoms with Gasteiger partial charge in [0.05, 0.1) is 17.8 Å². The molecule has 1 aromatic heterocycles. The van der Waals surface area contributed by atoms with Crippen LogP contribution in [-0.2, 0) is 0 Å². The molecule has 0 aromatic carbocycles. The van der Waals surface area contributed by atoms with Crippen molar-refractivity contribution in [1.82, 2.24) is 10.3 Å². The normalized spacial score (nSPS) is 17.4. The van der Waals surface area contributed by atoms with Gasteiger partial charge in [0, 0.05) is 6.20 Å². The maximum Gasteiger partial charge on any atom is 0.255 e. The second-order valence-electron chi connectivity index (χ2n) is 4.21. The summed E-state index contributed by atoms with van der Waals surface area (Å²) in [6.07, 6.45) is 5.41. The van der Waals surface area contributed by atoms with Crippen LogP contribution >= 0.6 is 0 Å². The van der Waals surface area contributed by atoms with Crippen LogP contribution in [0.2, 0.25) is 0 Å². The number of nitriles is 1. The molecule has 0 saturated heterocycles. The van der Waals surface area contributed by atoms with E-state index < -0.39 is 17.3 Å². The fraction of sp³-hybridized carbons (Fsp3) is 0.417. The second-order valence-corrected chi connectivity index (χ2v) is 4.21. The molecule has 2 rings (SSSR count). The van der Waals surface area contributed by atoms with E-state index in [9.17, 15) is 9.18 Å². The number of nitrogens with zero attached hydrogens (tertiary/aromatic N) is 2. The molecule has 1 saturated carbocycles. The first-order chi connectivity index (χ1) is 8.17. The van der Waals surface area contributed by atoms with Gasteiger partial charge in [0.25, 0.3) is 5.91 Å². The van der Waals surface area contributed by atoms with Gasteiger partial charge in [-0.05, 0) is 31.7 Å². The Morgan fingerprint density at radius 1 is 1.53 bits per heavy atom. The molecule has 4 nitrogen and oxygen atoms in total. The number of carbonyl (C=O) groups excluding carboxylic acids is 1. The summed E-state index contributed by atoms with van der Waals surface area (Å²) < 4.78 is 13.3. The summed E-state index contributed by atoms with van der Waals surface area (Å²) in [5.41, 5.74) is -0.895. The van der Waals surface area contributed by atoms with Crippen molar-refractivity contribution >= 4 is 5.91 Å². The van der Waals surface area contributed by atoms with Crippen LogP contribution in [0.1, 0.15) is 36.0 Å². The third-order valence-electron chi connectivity index (χ3n) is 3.04. The SMILES string of the molecule is N#CC1(NC(=O)c2ccncc2F)CCCC1. The highest BCUT2D eigenvalue weighted by atomic mass is 19.1. The molecular formula is C12H12FN3O. The summed E-state index contributed by atoms with van der Waals surface area (Å²) in [5, 5.41) is 11.7. The van der Waals surface area contributed by atoms with Crippen molar-refractivity contribution in [2.45, 2.75) is 31.2 Å². The van der Waals surface area contributed by atoms with Crippen molar-refractivity contribution in [3.63, 3.8) is 0 Å². The van der Waals surface area contributed by atoms with Gasteiger partial charge >= 0.3 is 0 Å². The van der Waals surface area contributed by atoms with Crippen LogP contribution in [0.25, 0.3) is 0 Å². The fourth-order valence-electron chi connectivity index (χ4n) is 2.09. The van der Waals surface area contributed by atoms with Crippen LogP contribution in [0.4, 0.5) is 4.39 Å². The predicted octanol–water partition coefficient (Wildman–Crippen LogP) is 1.79. The van der Waals surface area contributed by atoms with E-state index in [2.05, 4.69) is 16.4 Å². The summed E-state index contributed by atoms with van der Waals surface area (Å²) in [6, 6.07) is 3.44. The maximum atomic E-state index is 13.3. The van der Waals surface area contributed by atoms with Gasteiger partial charge in [0.2, 0.25) is 0 Å². The fourth-order valence-corrected chi connectivity index (χ4v) is 2.09. The van der Waals surface area contributed by atoms with Crippen LogP contribution in [0.15, 0.2) is 18.5 Å². The molecule has 0 aliphatic heterocycles. The van der Waals surface area contributed by atoms with E-state index in [1.54, 1.807) is 0 Å². The average Bonchev–Trinajstić information content (AvgIpc) is 2.79. The number of halogens is 1. The molecule has 1 aliphatic rings. The lowest BCUT2D eigenvalue weighted by Gasteiger charge is -2.21. The highest BCUT2D eigenvalue weighted by Crippen LogP contribution is 2.29. The van der Waals surface area contributed by atoms with Gasteiger partial charge in [0.15, 0.2) is 5.82 Å². The van der Waals surface area contributed by atoms with Gasteiger partial charge in [-0.25, -0.2) is 4.39 Å². The summed E-state index contributed by atoms with van der Waals surface area (Å²) in [4.78, 5) is 15.4. The van der Waals surface area contributed by atoms with Crippen molar-refractivity contribution in [2.75, 3.05) is 0 Å². The zero-order chi connectivity index (χ0) is 12.3. The van der Waals surface area contributed by atoms with Gasteiger partial charge in [0.1, 0.15) is 5.54 Å². The van der Waals surface area contributed by atoms with Crippen molar-refractivity contribution in [3.8, 4) is 6.07 Å². The van der Waals surface area contributed by atoms with E-state index in [1.165, 1.54) is 12.3 Å². The van der Waals surface area contributed by atoms with Gasteiger partial charge in [-0.3, -0.25) is 9.78 Å².